The van der Waals surface area contributed by atoms with Crippen molar-refractivity contribution >= 4 is 22.6 Å². The summed E-state index contributed by atoms with van der Waals surface area (Å²) in [5.74, 6) is 0.178. The Balaban J connectivity index is 1.46. The number of rotatable bonds is 6. The van der Waals surface area contributed by atoms with Gasteiger partial charge in [-0.25, -0.2) is 0 Å². The molecular weight excluding hydrogens is 354 g/mol. The number of amides is 1. The van der Waals surface area contributed by atoms with Crippen molar-refractivity contribution in [3.05, 3.63) is 58.0 Å². The lowest BCUT2D eigenvalue weighted by Gasteiger charge is -2.13. The molecule has 2 N–H and O–H groups in total. The minimum absolute atomic E-state index is 0.253. The van der Waals surface area contributed by atoms with Crippen LogP contribution in [0.3, 0.4) is 0 Å². The van der Waals surface area contributed by atoms with Crippen LogP contribution in [-0.2, 0) is 6.54 Å². The Morgan fingerprint density at radius 2 is 1.96 bits per heavy atom. The number of H-pyrrole nitrogens is 1. The second kappa shape index (κ2) is 7.98. The number of hydrogen-bond acceptors (Lipinski definition) is 4. The van der Waals surface area contributed by atoms with Gasteiger partial charge in [0.15, 0.2) is 5.82 Å². The molecule has 7 nitrogen and oxygen atoms in total. The molecule has 2 aromatic heterocycles. The number of para-hydroxylation sites is 1. The van der Waals surface area contributed by atoms with Crippen molar-refractivity contribution in [3.8, 4) is 0 Å². The number of nitrogens with one attached hydrogen (secondary N) is 2. The first-order valence-electron chi connectivity index (χ1n) is 9.80. The Labute approximate surface area is 163 Å². The van der Waals surface area contributed by atoms with Gasteiger partial charge in [0.1, 0.15) is 0 Å². The lowest BCUT2D eigenvalue weighted by molar-refractivity contribution is 0.102. The summed E-state index contributed by atoms with van der Waals surface area (Å²) in [4.78, 5) is 30.3. The number of hydrogen-bond donors (Lipinski definition) is 2. The number of aromatic nitrogens is 3. The first-order valence-corrected chi connectivity index (χ1v) is 9.80. The summed E-state index contributed by atoms with van der Waals surface area (Å²) in [6.07, 6.45) is 5.51. The highest BCUT2D eigenvalue weighted by atomic mass is 16.2. The number of benzene rings is 1. The first-order chi connectivity index (χ1) is 13.6. The van der Waals surface area contributed by atoms with Gasteiger partial charge in [0.05, 0.1) is 5.56 Å². The maximum Gasteiger partial charge on any atom is 0.258 e. The summed E-state index contributed by atoms with van der Waals surface area (Å²) >= 11 is 0. The van der Waals surface area contributed by atoms with Crippen molar-refractivity contribution in [1.82, 2.24) is 19.7 Å². The SMILES string of the molecule is Cc1c(C(=O)Nc2ccn(CCCN3CCCC3)n2)c2ccccc2[nH]c1=O. The molecule has 0 bridgehead atoms. The molecular formula is C21H25N5O2. The lowest BCUT2D eigenvalue weighted by Crippen LogP contribution is -2.22. The van der Waals surface area contributed by atoms with Gasteiger partial charge in [0.25, 0.3) is 11.5 Å². The van der Waals surface area contributed by atoms with E-state index in [0.29, 0.717) is 22.5 Å². The smallest absolute Gasteiger partial charge is 0.258 e. The monoisotopic (exact) mass is 379 g/mol. The fourth-order valence-electron chi connectivity index (χ4n) is 3.83. The number of aryl methyl sites for hydroxylation is 1. The van der Waals surface area contributed by atoms with Crippen molar-refractivity contribution in [3.63, 3.8) is 0 Å². The van der Waals surface area contributed by atoms with Gasteiger partial charge in [-0.05, 0) is 51.9 Å². The zero-order chi connectivity index (χ0) is 19.5. The molecule has 1 aromatic carbocycles. The van der Waals surface area contributed by atoms with Crippen molar-refractivity contribution in [2.24, 2.45) is 0 Å². The molecule has 0 saturated carbocycles. The van der Waals surface area contributed by atoms with Crippen molar-refractivity contribution in [2.45, 2.75) is 32.7 Å². The van der Waals surface area contributed by atoms with E-state index >= 15 is 0 Å². The zero-order valence-electron chi connectivity index (χ0n) is 16.1. The number of pyridine rings is 1. The molecule has 0 radical (unpaired) electrons. The van der Waals surface area contributed by atoms with Crippen LogP contribution >= 0.6 is 0 Å². The first kappa shape index (κ1) is 18.4. The van der Waals surface area contributed by atoms with E-state index in [4.69, 9.17) is 0 Å². The van der Waals surface area contributed by atoms with Gasteiger partial charge in [-0.3, -0.25) is 14.3 Å². The van der Waals surface area contributed by atoms with Crippen molar-refractivity contribution < 1.29 is 4.79 Å². The normalized spacial score (nSPS) is 14.6. The summed E-state index contributed by atoms with van der Waals surface area (Å²) in [5, 5.41) is 8.01. The Kier molecular flexibility index (Phi) is 5.25. The molecule has 146 valence electrons. The van der Waals surface area contributed by atoms with Gasteiger partial charge in [0.2, 0.25) is 0 Å². The van der Waals surface area contributed by atoms with E-state index < -0.39 is 0 Å². The average Bonchev–Trinajstić information content (AvgIpc) is 3.35. The Bertz CT molecular complexity index is 1050. The largest absolute Gasteiger partial charge is 0.322 e. The molecule has 0 atom stereocenters. The lowest BCUT2D eigenvalue weighted by atomic mass is 10.0. The van der Waals surface area contributed by atoms with Gasteiger partial charge in [-0.15, -0.1) is 0 Å². The molecule has 1 saturated heterocycles. The summed E-state index contributed by atoms with van der Waals surface area (Å²) in [6, 6.07) is 9.11. The number of carbonyl (C=O) groups excluding carboxylic acids is 1. The summed E-state index contributed by atoms with van der Waals surface area (Å²) in [7, 11) is 0. The third-order valence-electron chi connectivity index (χ3n) is 5.33. The van der Waals surface area contributed by atoms with Gasteiger partial charge in [-0.2, -0.15) is 5.10 Å². The maximum atomic E-state index is 12.9. The fraction of sp³-hybridized carbons (Fsp3) is 0.381. The number of aromatic amines is 1. The van der Waals surface area contributed by atoms with Crippen LogP contribution in [0.4, 0.5) is 5.82 Å². The predicted octanol–water partition coefficient (Wildman–Crippen LogP) is 2.77. The molecule has 0 spiro atoms. The number of carbonyl (C=O) groups is 1. The highest BCUT2D eigenvalue weighted by molar-refractivity contribution is 6.13. The Hall–Kier alpha value is -2.93. The summed E-state index contributed by atoms with van der Waals surface area (Å²) in [5.41, 5.74) is 1.19. The Morgan fingerprint density at radius 1 is 1.18 bits per heavy atom. The van der Waals surface area contributed by atoms with Gasteiger partial charge in [-0.1, -0.05) is 18.2 Å². The van der Waals surface area contributed by atoms with Crippen LogP contribution in [0, 0.1) is 6.92 Å². The van der Waals surface area contributed by atoms with Crippen LogP contribution in [0.5, 0.6) is 0 Å². The zero-order valence-corrected chi connectivity index (χ0v) is 16.1. The van der Waals surface area contributed by atoms with E-state index in [1.54, 1.807) is 19.1 Å². The number of anilines is 1. The maximum absolute atomic E-state index is 12.9. The van der Waals surface area contributed by atoms with E-state index in [2.05, 4.69) is 20.3 Å². The molecule has 1 aliphatic heterocycles. The fourth-order valence-corrected chi connectivity index (χ4v) is 3.83. The second-order valence-corrected chi connectivity index (χ2v) is 7.32. The predicted molar refractivity (Wildman–Crippen MR) is 110 cm³/mol. The summed E-state index contributed by atoms with van der Waals surface area (Å²) < 4.78 is 1.86. The minimum Gasteiger partial charge on any atom is -0.322 e. The van der Waals surface area contributed by atoms with E-state index in [-0.39, 0.29) is 11.5 Å². The molecule has 4 rings (SSSR count). The third-order valence-corrected chi connectivity index (χ3v) is 5.33. The van der Waals surface area contributed by atoms with Crippen LogP contribution in [0.15, 0.2) is 41.3 Å². The van der Waals surface area contributed by atoms with Gasteiger partial charge >= 0.3 is 0 Å². The molecule has 0 unspecified atom stereocenters. The van der Waals surface area contributed by atoms with E-state index in [1.807, 2.05) is 29.1 Å². The van der Waals surface area contributed by atoms with Crippen LogP contribution in [0.1, 0.15) is 35.2 Å². The standard InChI is InChI=1S/C21H25N5O2/c1-15-19(16-7-2-3-8-17(16)22-20(15)27)21(28)23-18-9-14-26(24-18)13-6-12-25-10-4-5-11-25/h2-3,7-9,14H,4-6,10-13H2,1H3,(H,22,27)(H,23,24,28). The van der Waals surface area contributed by atoms with Crippen molar-refractivity contribution in [1.29, 1.82) is 0 Å². The molecule has 0 aliphatic carbocycles. The molecule has 3 aromatic rings. The van der Waals surface area contributed by atoms with Gasteiger partial charge < -0.3 is 15.2 Å². The number of fused-ring (bicyclic) bond motifs is 1. The number of likely N-dealkylation sites (tertiary alicyclic amines) is 1. The molecule has 28 heavy (non-hydrogen) atoms. The minimum atomic E-state index is -0.317. The van der Waals surface area contributed by atoms with Crippen molar-refractivity contribution in [2.75, 3.05) is 25.0 Å². The highest BCUT2D eigenvalue weighted by Crippen LogP contribution is 2.19. The number of nitrogens with zero attached hydrogens (tertiary/aromatic N) is 3. The Morgan fingerprint density at radius 3 is 2.79 bits per heavy atom. The van der Waals surface area contributed by atoms with Crippen LogP contribution in [0.2, 0.25) is 0 Å². The quantitative estimate of drug-likeness (QED) is 0.690. The topological polar surface area (TPSA) is 83.0 Å². The average molecular weight is 379 g/mol. The van der Waals surface area contributed by atoms with Crippen LogP contribution in [0.25, 0.3) is 10.9 Å². The van der Waals surface area contributed by atoms with Crippen LogP contribution < -0.4 is 10.9 Å². The van der Waals surface area contributed by atoms with Gasteiger partial charge in [0, 0.05) is 35.3 Å². The van der Waals surface area contributed by atoms with E-state index in [1.165, 1.54) is 25.9 Å². The molecule has 1 aliphatic rings. The molecule has 7 heteroatoms. The van der Waals surface area contributed by atoms with E-state index in [9.17, 15) is 9.59 Å². The second-order valence-electron chi connectivity index (χ2n) is 7.32. The highest BCUT2D eigenvalue weighted by Gasteiger charge is 2.17. The molecule has 1 fully saturated rings. The van der Waals surface area contributed by atoms with E-state index in [0.717, 1.165) is 24.9 Å². The third kappa shape index (κ3) is 3.84. The summed E-state index contributed by atoms with van der Waals surface area (Å²) in [6.45, 7) is 5.96. The molecule has 3 heterocycles. The van der Waals surface area contributed by atoms with Crippen LogP contribution in [-0.4, -0.2) is 45.2 Å². The molecule has 1 amide bonds.